The van der Waals surface area contributed by atoms with Gasteiger partial charge in [-0.15, -0.1) is 0 Å². The SMILES string of the molecule is CC(CC(=O)OC(C)(C)C)Cc1ccc(Br)cc1. The first-order valence-corrected chi connectivity index (χ1v) is 7.02. The third-order valence-electron chi connectivity index (χ3n) is 2.43. The molecule has 0 saturated heterocycles. The number of carbonyl (C=O) groups is 1. The Balaban J connectivity index is 2.44. The minimum Gasteiger partial charge on any atom is -0.460 e. The van der Waals surface area contributed by atoms with Crippen LogP contribution in [0.1, 0.15) is 39.7 Å². The summed E-state index contributed by atoms with van der Waals surface area (Å²) in [6.07, 6.45) is 1.36. The maximum Gasteiger partial charge on any atom is 0.306 e. The molecule has 2 nitrogen and oxygen atoms in total. The van der Waals surface area contributed by atoms with E-state index in [0.29, 0.717) is 12.3 Å². The highest BCUT2D eigenvalue weighted by Gasteiger charge is 2.18. The summed E-state index contributed by atoms with van der Waals surface area (Å²) in [6.45, 7) is 7.75. The zero-order valence-corrected chi connectivity index (χ0v) is 13.1. The summed E-state index contributed by atoms with van der Waals surface area (Å²) < 4.78 is 6.39. The minimum absolute atomic E-state index is 0.118. The second-order valence-corrected chi connectivity index (χ2v) is 6.64. The Hall–Kier alpha value is -0.830. The van der Waals surface area contributed by atoms with Crippen molar-refractivity contribution in [1.82, 2.24) is 0 Å². The van der Waals surface area contributed by atoms with Crippen molar-refractivity contribution in [2.75, 3.05) is 0 Å². The Morgan fingerprint density at radius 3 is 2.33 bits per heavy atom. The molecule has 100 valence electrons. The molecule has 1 aromatic rings. The van der Waals surface area contributed by atoms with Crippen LogP contribution in [0.15, 0.2) is 28.7 Å². The van der Waals surface area contributed by atoms with Gasteiger partial charge in [0.15, 0.2) is 0 Å². The van der Waals surface area contributed by atoms with Crippen molar-refractivity contribution in [2.45, 2.75) is 46.1 Å². The molecule has 0 heterocycles. The summed E-state index contributed by atoms with van der Waals surface area (Å²) in [7, 11) is 0. The molecule has 1 rings (SSSR count). The predicted octanol–water partition coefficient (Wildman–Crippen LogP) is 4.36. The van der Waals surface area contributed by atoms with Crippen molar-refractivity contribution < 1.29 is 9.53 Å². The number of esters is 1. The summed E-state index contributed by atoms with van der Waals surface area (Å²) in [4.78, 5) is 11.7. The van der Waals surface area contributed by atoms with Crippen molar-refractivity contribution >= 4 is 21.9 Å². The Bertz CT molecular complexity index is 390. The smallest absolute Gasteiger partial charge is 0.306 e. The topological polar surface area (TPSA) is 26.3 Å². The number of benzene rings is 1. The van der Waals surface area contributed by atoms with E-state index in [0.717, 1.165) is 10.9 Å². The van der Waals surface area contributed by atoms with Gasteiger partial charge < -0.3 is 4.74 Å². The van der Waals surface area contributed by atoms with Crippen LogP contribution < -0.4 is 0 Å². The number of halogens is 1. The van der Waals surface area contributed by atoms with E-state index in [1.54, 1.807) is 0 Å². The molecule has 0 amide bonds. The molecule has 1 unspecified atom stereocenters. The summed E-state index contributed by atoms with van der Waals surface area (Å²) >= 11 is 3.41. The number of carbonyl (C=O) groups excluding carboxylic acids is 1. The van der Waals surface area contributed by atoms with E-state index in [1.165, 1.54) is 5.56 Å². The molecule has 1 atom stereocenters. The minimum atomic E-state index is -0.394. The summed E-state index contributed by atoms with van der Waals surface area (Å²) in [6, 6.07) is 8.20. The van der Waals surface area contributed by atoms with Crippen molar-refractivity contribution in [3.63, 3.8) is 0 Å². The van der Waals surface area contributed by atoms with Gasteiger partial charge in [0.2, 0.25) is 0 Å². The highest BCUT2D eigenvalue weighted by Crippen LogP contribution is 2.17. The second kappa shape index (κ2) is 6.37. The molecule has 0 fully saturated rings. The molecule has 0 aliphatic carbocycles. The van der Waals surface area contributed by atoms with Crippen molar-refractivity contribution in [1.29, 1.82) is 0 Å². The van der Waals surface area contributed by atoms with Crippen LogP contribution >= 0.6 is 15.9 Å². The summed E-state index contributed by atoms with van der Waals surface area (Å²) in [5.74, 6) is 0.174. The fraction of sp³-hybridized carbons (Fsp3) is 0.533. The fourth-order valence-electron chi connectivity index (χ4n) is 1.76. The molecule has 0 spiro atoms. The standard InChI is InChI=1S/C15H21BrO2/c1-11(10-14(17)18-15(2,3)4)9-12-5-7-13(16)8-6-12/h5-8,11H,9-10H2,1-4H3. The average Bonchev–Trinajstić information content (AvgIpc) is 2.18. The largest absolute Gasteiger partial charge is 0.460 e. The first-order chi connectivity index (χ1) is 8.26. The van der Waals surface area contributed by atoms with Crippen LogP contribution in [0.4, 0.5) is 0 Å². The Morgan fingerprint density at radius 1 is 1.28 bits per heavy atom. The van der Waals surface area contributed by atoms with Gasteiger partial charge in [0, 0.05) is 10.9 Å². The van der Waals surface area contributed by atoms with Gasteiger partial charge in [0.25, 0.3) is 0 Å². The highest BCUT2D eigenvalue weighted by atomic mass is 79.9. The maximum absolute atomic E-state index is 11.7. The lowest BCUT2D eigenvalue weighted by Crippen LogP contribution is -2.25. The second-order valence-electron chi connectivity index (χ2n) is 5.73. The molecule has 0 aromatic heterocycles. The molecule has 0 N–H and O–H groups in total. The molecular weight excluding hydrogens is 292 g/mol. The molecule has 0 aliphatic rings. The van der Waals surface area contributed by atoms with Crippen molar-refractivity contribution in [2.24, 2.45) is 5.92 Å². The number of ether oxygens (including phenoxy) is 1. The third-order valence-corrected chi connectivity index (χ3v) is 2.96. The first kappa shape index (κ1) is 15.2. The first-order valence-electron chi connectivity index (χ1n) is 6.22. The lowest BCUT2D eigenvalue weighted by Gasteiger charge is -2.21. The summed E-state index contributed by atoms with van der Waals surface area (Å²) in [5.41, 5.74) is 0.850. The van der Waals surface area contributed by atoms with Gasteiger partial charge in [0.1, 0.15) is 5.60 Å². The number of hydrogen-bond donors (Lipinski definition) is 0. The van der Waals surface area contributed by atoms with E-state index in [2.05, 4.69) is 35.0 Å². The predicted molar refractivity (Wildman–Crippen MR) is 77.5 cm³/mol. The number of hydrogen-bond acceptors (Lipinski definition) is 2. The molecule has 0 aliphatic heterocycles. The van der Waals surface area contributed by atoms with E-state index in [4.69, 9.17) is 4.74 Å². The van der Waals surface area contributed by atoms with Crippen LogP contribution in [-0.4, -0.2) is 11.6 Å². The van der Waals surface area contributed by atoms with Gasteiger partial charge in [-0.1, -0.05) is 35.0 Å². The third kappa shape index (κ3) is 6.20. The molecule has 1 aromatic carbocycles. The molecule has 0 bridgehead atoms. The van der Waals surface area contributed by atoms with Gasteiger partial charge in [-0.25, -0.2) is 0 Å². The van der Waals surface area contributed by atoms with Crippen LogP contribution in [0.2, 0.25) is 0 Å². The van der Waals surface area contributed by atoms with Gasteiger partial charge in [-0.3, -0.25) is 4.79 Å². The molecule has 18 heavy (non-hydrogen) atoms. The Labute approximate surface area is 118 Å². The quantitative estimate of drug-likeness (QED) is 0.772. The van der Waals surface area contributed by atoms with E-state index < -0.39 is 5.60 Å². The average molecular weight is 313 g/mol. The molecule has 3 heteroatoms. The van der Waals surface area contributed by atoms with Crippen LogP contribution in [0.5, 0.6) is 0 Å². The van der Waals surface area contributed by atoms with Crippen molar-refractivity contribution in [3.8, 4) is 0 Å². The lowest BCUT2D eigenvalue weighted by atomic mass is 9.98. The van der Waals surface area contributed by atoms with Crippen LogP contribution in [0.25, 0.3) is 0 Å². The normalized spacial score (nSPS) is 13.2. The Kier molecular flexibility index (Phi) is 5.39. The van der Waals surface area contributed by atoms with E-state index >= 15 is 0 Å². The monoisotopic (exact) mass is 312 g/mol. The number of rotatable bonds is 4. The molecular formula is C15H21BrO2. The van der Waals surface area contributed by atoms with Gasteiger partial charge in [-0.2, -0.15) is 0 Å². The lowest BCUT2D eigenvalue weighted by molar-refractivity contribution is -0.155. The van der Waals surface area contributed by atoms with Gasteiger partial charge >= 0.3 is 5.97 Å². The molecule has 0 saturated carbocycles. The van der Waals surface area contributed by atoms with Gasteiger partial charge in [0.05, 0.1) is 0 Å². The highest BCUT2D eigenvalue weighted by molar-refractivity contribution is 9.10. The van der Waals surface area contributed by atoms with E-state index in [-0.39, 0.29) is 5.97 Å². The molecule has 0 radical (unpaired) electrons. The van der Waals surface area contributed by atoms with Gasteiger partial charge in [-0.05, 0) is 50.8 Å². The zero-order chi connectivity index (χ0) is 13.8. The fourth-order valence-corrected chi connectivity index (χ4v) is 2.03. The van der Waals surface area contributed by atoms with E-state index in [1.807, 2.05) is 32.9 Å². The van der Waals surface area contributed by atoms with Crippen LogP contribution in [-0.2, 0) is 16.0 Å². The maximum atomic E-state index is 11.7. The van der Waals surface area contributed by atoms with Crippen LogP contribution in [0.3, 0.4) is 0 Å². The summed E-state index contributed by atoms with van der Waals surface area (Å²) in [5, 5.41) is 0. The van der Waals surface area contributed by atoms with Crippen LogP contribution in [0, 0.1) is 5.92 Å². The zero-order valence-electron chi connectivity index (χ0n) is 11.5. The van der Waals surface area contributed by atoms with Crippen molar-refractivity contribution in [3.05, 3.63) is 34.3 Å². The Morgan fingerprint density at radius 2 is 1.83 bits per heavy atom. The van der Waals surface area contributed by atoms with E-state index in [9.17, 15) is 4.79 Å².